The van der Waals surface area contributed by atoms with Gasteiger partial charge in [-0.05, 0) is 50.7 Å². The zero-order valence-electron chi connectivity index (χ0n) is 19.5. The van der Waals surface area contributed by atoms with Crippen LogP contribution in [0.4, 0.5) is 0 Å². The molecule has 31 heavy (non-hydrogen) atoms. The number of benzene rings is 1. The Bertz CT molecular complexity index is 665. The highest BCUT2D eigenvalue weighted by molar-refractivity contribution is 14.0. The average molecular weight is 545 g/mol. The second-order valence-corrected chi connectivity index (χ2v) is 8.44. The number of likely N-dealkylation sites (tertiary alicyclic amines) is 1. The van der Waals surface area contributed by atoms with Gasteiger partial charge in [-0.3, -0.25) is 9.89 Å². The minimum atomic E-state index is 0. The van der Waals surface area contributed by atoms with Crippen LogP contribution in [0.15, 0.2) is 29.3 Å². The summed E-state index contributed by atoms with van der Waals surface area (Å²) in [7, 11) is 1.74. The maximum atomic E-state index is 6.01. The highest BCUT2D eigenvalue weighted by Crippen LogP contribution is 2.20. The Morgan fingerprint density at radius 2 is 1.90 bits per heavy atom. The lowest BCUT2D eigenvalue weighted by Crippen LogP contribution is -2.47. The summed E-state index contributed by atoms with van der Waals surface area (Å²) in [5.41, 5.74) is 2.98. The van der Waals surface area contributed by atoms with Gasteiger partial charge in [-0.1, -0.05) is 24.3 Å². The van der Waals surface area contributed by atoms with Crippen molar-refractivity contribution in [3.8, 4) is 0 Å². The first-order chi connectivity index (χ1) is 14.7. The SMILES string of the molecule is CCNC(=NCC(C)N1CCc2ccccc2C1)N1CCC(OCCCOC)CC1.I. The summed E-state index contributed by atoms with van der Waals surface area (Å²) in [6.07, 6.45) is 4.61. The minimum absolute atomic E-state index is 0. The van der Waals surface area contributed by atoms with Crippen LogP contribution in [0.1, 0.15) is 44.2 Å². The zero-order valence-corrected chi connectivity index (χ0v) is 21.8. The van der Waals surface area contributed by atoms with Crippen molar-refractivity contribution < 1.29 is 9.47 Å². The first-order valence-electron chi connectivity index (χ1n) is 11.7. The standard InChI is InChI=1S/C24H40N4O2.HI/c1-4-25-24(27-14-11-23(12-15-27)30-17-7-16-29-3)26-18-20(2)28-13-10-21-8-5-6-9-22(21)19-28;/h5-6,8-9,20,23H,4,7,10-19H2,1-3H3,(H,25,26);1H. The predicted molar refractivity (Wildman–Crippen MR) is 138 cm³/mol. The number of aliphatic imine (C=N–C) groups is 1. The monoisotopic (exact) mass is 544 g/mol. The Morgan fingerprint density at radius 3 is 2.61 bits per heavy atom. The maximum absolute atomic E-state index is 6.01. The largest absolute Gasteiger partial charge is 0.385 e. The molecule has 1 aromatic carbocycles. The Labute approximate surface area is 205 Å². The number of piperidine rings is 1. The lowest BCUT2D eigenvalue weighted by molar-refractivity contribution is 0.00988. The van der Waals surface area contributed by atoms with E-state index in [1.54, 1.807) is 7.11 Å². The summed E-state index contributed by atoms with van der Waals surface area (Å²) in [5.74, 6) is 1.06. The third kappa shape index (κ3) is 8.18. The summed E-state index contributed by atoms with van der Waals surface area (Å²) in [6, 6.07) is 9.28. The minimum Gasteiger partial charge on any atom is -0.385 e. The Kier molecular flexibility index (Phi) is 12.1. The molecular formula is C24H41IN4O2. The molecular weight excluding hydrogens is 503 g/mol. The molecule has 2 aliphatic heterocycles. The number of guanidine groups is 1. The first kappa shape index (κ1) is 26.4. The van der Waals surface area contributed by atoms with Crippen LogP contribution < -0.4 is 5.32 Å². The molecule has 0 bridgehead atoms. The van der Waals surface area contributed by atoms with Gasteiger partial charge in [-0.2, -0.15) is 0 Å². The predicted octanol–water partition coefficient (Wildman–Crippen LogP) is 3.53. The molecule has 2 aliphatic rings. The lowest BCUT2D eigenvalue weighted by atomic mass is 9.99. The van der Waals surface area contributed by atoms with Crippen LogP contribution in [0.5, 0.6) is 0 Å². The van der Waals surface area contributed by atoms with Crippen molar-refractivity contribution in [2.75, 3.05) is 53.0 Å². The zero-order chi connectivity index (χ0) is 21.2. The van der Waals surface area contributed by atoms with E-state index in [4.69, 9.17) is 14.5 Å². The number of hydrogen-bond donors (Lipinski definition) is 1. The molecule has 1 unspecified atom stereocenters. The van der Waals surface area contributed by atoms with Gasteiger partial charge in [0.2, 0.25) is 0 Å². The van der Waals surface area contributed by atoms with Gasteiger partial charge in [0.1, 0.15) is 0 Å². The first-order valence-corrected chi connectivity index (χ1v) is 11.7. The molecule has 6 nitrogen and oxygen atoms in total. The van der Waals surface area contributed by atoms with E-state index in [9.17, 15) is 0 Å². The number of halogens is 1. The van der Waals surface area contributed by atoms with Crippen molar-refractivity contribution in [1.82, 2.24) is 15.1 Å². The second kappa shape index (κ2) is 14.3. The molecule has 1 saturated heterocycles. The highest BCUT2D eigenvalue weighted by atomic mass is 127. The van der Waals surface area contributed by atoms with E-state index in [0.717, 1.165) is 84.1 Å². The molecule has 1 fully saturated rings. The fourth-order valence-corrected chi connectivity index (χ4v) is 4.34. The van der Waals surface area contributed by atoms with Crippen molar-refractivity contribution in [3.05, 3.63) is 35.4 Å². The van der Waals surface area contributed by atoms with Crippen molar-refractivity contribution >= 4 is 29.9 Å². The van der Waals surface area contributed by atoms with Gasteiger partial charge in [0, 0.05) is 59.1 Å². The maximum Gasteiger partial charge on any atom is 0.193 e. The van der Waals surface area contributed by atoms with E-state index in [-0.39, 0.29) is 24.0 Å². The molecule has 2 heterocycles. The molecule has 0 saturated carbocycles. The number of rotatable bonds is 9. The van der Waals surface area contributed by atoms with Crippen LogP contribution in [0.25, 0.3) is 0 Å². The van der Waals surface area contributed by atoms with Crippen LogP contribution in [0.2, 0.25) is 0 Å². The van der Waals surface area contributed by atoms with Gasteiger partial charge < -0.3 is 19.7 Å². The molecule has 0 spiro atoms. The van der Waals surface area contributed by atoms with Crippen LogP contribution in [0.3, 0.4) is 0 Å². The van der Waals surface area contributed by atoms with E-state index >= 15 is 0 Å². The van der Waals surface area contributed by atoms with Gasteiger partial charge >= 0.3 is 0 Å². The molecule has 3 rings (SSSR count). The summed E-state index contributed by atoms with van der Waals surface area (Å²) < 4.78 is 11.1. The smallest absolute Gasteiger partial charge is 0.193 e. The summed E-state index contributed by atoms with van der Waals surface area (Å²) >= 11 is 0. The molecule has 1 aromatic rings. The highest BCUT2D eigenvalue weighted by Gasteiger charge is 2.23. The van der Waals surface area contributed by atoms with Crippen LogP contribution in [-0.2, 0) is 22.4 Å². The Morgan fingerprint density at radius 1 is 1.16 bits per heavy atom. The number of fused-ring (bicyclic) bond motifs is 1. The van der Waals surface area contributed by atoms with E-state index in [2.05, 4.69) is 53.2 Å². The van der Waals surface area contributed by atoms with Gasteiger partial charge in [0.15, 0.2) is 5.96 Å². The molecule has 0 radical (unpaired) electrons. The van der Waals surface area contributed by atoms with Crippen molar-refractivity contribution in [2.24, 2.45) is 4.99 Å². The van der Waals surface area contributed by atoms with Crippen molar-refractivity contribution in [3.63, 3.8) is 0 Å². The van der Waals surface area contributed by atoms with E-state index in [1.807, 2.05) is 0 Å². The van der Waals surface area contributed by atoms with Gasteiger partial charge in [0.25, 0.3) is 0 Å². The fourth-order valence-electron chi connectivity index (χ4n) is 4.34. The second-order valence-electron chi connectivity index (χ2n) is 8.44. The van der Waals surface area contributed by atoms with Crippen molar-refractivity contribution in [2.45, 2.75) is 58.2 Å². The Balaban J connectivity index is 0.00000341. The molecule has 7 heteroatoms. The average Bonchev–Trinajstić information content (AvgIpc) is 2.79. The molecule has 1 N–H and O–H groups in total. The van der Waals surface area contributed by atoms with Crippen LogP contribution >= 0.6 is 24.0 Å². The lowest BCUT2D eigenvalue weighted by Gasteiger charge is -2.35. The van der Waals surface area contributed by atoms with E-state index in [0.29, 0.717) is 12.1 Å². The topological polar surface area (TPSA) is 49.3 Å². The molecule has 0 amide bonds. The van der Waals surface area contributed by atoms with Crippen LogP contribution in [0, 0.1) is 0 Å². The summed E-state index contributed by atoms with van der Waals surface area (Å²) in [5, 5.41) is 3.50. The molecule has 176 valence electrons. The third-order valence-corrected chi connectivity index (χ3v) is 6.21. The van der Waals surface area contributed by atoms with Crippen molar-refractivity contribution in [1.29, 1.82) is 0 Å². The molecule has 1 atom stereocenters. The Hall–Kier alpha value is -0.900. The van der Waals surface area contributed by atoms with E-state index in [1.165, 1.54) is 11.1 Å². The summed E-state index contributed by atoms with van der Waals surface area (Å²) in [4.78, 5) is 9.98. The number of hydrogen-bond acceptors (Lipinski definition) is 4. The number of methoxy groups -OCH3 is 1. The van der Waals surface area contributed by atoms with Gasteiger partial charge in [0.05, 0.1) is 12.6 Å². The molecule has 0 aliphatic carbocycles. The van der Waals surface area contributed by atoms with Gasteiger partial charge in [-0.25, -0.2) is 0 Å². The van der Waals surface area contributed by atoms with Gasteiger partial charge in [-0.15, -0.1) is 24.0 Å². The van der Waals surface area contributed by atoms with E-state index < -0.39 is 0 Å². The molecule has 0 aromatic heterocycles. The number of nitrogens with zero attached hydrogens (tertiary/aromatic N) is 3. The van der Waals surface area contributed by atoms with Crippen LogP contribution in [-0.4, -0.2) is 81.0 Å². The third-order valence-electron chi connectivity index (χ3n) is 6.21. The quantitative estimate of drug-likeness (QED) is 0.223. The fraction of sp³-hybridized carbons (Fsp3) is 0.708. The normalized spacial score (nSPS) is 18.9. The summed E-state index contributed by atoms with van der Waals surface area (Å²) in [6.45, 7) is 11.9. The number of nitrogens with one attached hydrogen (secondary N) is 1. The number of ether oxygens (including phenoxy) is 2.